The zero-order chi connectivity index (χ0) is 19.8. The van der Waals surface area contributed by atoms with E-state index in [1.807, 2.05) is 36.4 Å². The molecule has 0 radical (unpaired) electrons. The molecule has 5 heteroatoms. The Morgan fingerprint density at radius 3 is 2.07 bits per heavy atom. The van der Waals surface area contributed by atoms with E-state index in [9.17, 15) is 14.0 Å². The number of rotatable bonds is 7. The summed E-state index contributed by atoms with van der Waals surface area (Å²) in [5.41, 5.74) is 2.22. The van der Waals surface area contributed by atoms with Gasteiger partial charge in [-0.1, -0.05) is 60.7 Å². The van der Waals surface area contributed by atoms with Crippen molar-refractivity contribution in [1.29, 1.82) is 0 Å². The van der Waals surface area contributed by atoms with Crippen LogP contribution in [0.25, 0.3) is 0 Å². The van der Waals surface area contributed by atoms with Crippen LogP contribution in [0.3, 0.4) is 0 Å². The Morgan fingerprint density at radius 2 is 1.43 bits per heavy atom. The van der Waals surface area contributed by atoms with Crippen molar-refractivity contribution >= 4 is 17.5 Å². The van der Waals surface area contributed by atoms with Crippen molar-refractivity contribution in [2.45, 2.75) is 18.9 Å². The molecule has 2 amide bonds. The second kappa shape index (κ2) is 9.46. The molecule has 2 N–H and O–H groups in total. The van der Waals surface area contributed by atoms with Gasteiger partial charge in [-0.05, 0) is 41.8 Å². The van der Waals surface area contributed by atoms with Gasteiger partial charge in [0, 0.05) is 12.1 Å². The number of halogens is 1. The highest BCUT2D eigenvalue weighted by molar-refractivity contribution is 5.97. The highest BCUT2D eigenvalue weighted by atomic mass is 19.1. The molecule has 1 atom stereocenters. The predicted octanol–water partition coefficient (Wildman–Crippen LogP) is 4.25. The van der Waals surface area contributed by atoms with Gasteiger partial charge in [0.05, 0.1) is 0 Å². The van der Waals surface area contributed by atoms with E-state index in [0.29, 0.717) is 17.7 Å². The minimum atomic E-state index is -0.804. The van der Waals surface area contributed by atoms with Crippen molar-refractivity contribution in [3.63, 3.8) is 0 Å². The maximum Gasteiger partial charge on any atom is 0.251 e. The third-order valence-electron chi connectivity index (χ3n) is 4.30. The predicted molar refractivity (Wildman–Crippen MR) is 107 cm³/mol. The molecule has 1 unspecified atom stereocenters. The summed E-state index contributed by atoms with van der Waals surface area (Å²) in [4.78, 5) is 25.3. The number of nitrogens with one attached hydrogen (secondary N) is 2. The van der Waals surface area contributed by atoms with E-state index >= 15 is 0 Å². The van der Waals surface area contributed by atoms with Crippen molar-refractivity contribution in [3.05, 3.63) is 102 Å². The van der Waals surface area contributed by atoms with Crippen LogP contribution in [0.1, 0.15) is 23.6 Å². The molecule has 3 aromatic carbocycles. The maximum absolute atomic E-state index is 13.0. The fraction of sp³-hybridized carbons (Fsp3) is 0.130. The van der Waals surface area contributed by atoms with Crippen molar-refractivity contribution in [3.8, 4) is 0 Å². The molecule has 0 saturated carbocycles. The van der Waals surface area contributed by atoms with Gasteiger partial charge >= 0.3 is 0 Å². The molecule has 0 bridgehead atoms. The van der Waals surface area contributed by atoms with E-state index in [0.717, 1.165) is 5.56 Å². The van der Waals surface area contributed by atoms with Crippen LogP contribution in [0.5, 0.6) is 0 Å². The third kappa shape index (κ3) is 5.51. The van der Waals surface area contributed by atoms with Gasteiger partial charge < -0.3 is 10.6 Å². The molecular formula is C23H21FN2O2. The van der Waals surface area contributed by atoms with Crippen LogP contribution < -0.4 is 10.6 Å². The average Bonchev–Trinajstić information content (AvgIpc) is 2.73. The van der Waals surface area contributed by atoms with Gasteiger partial charge in [0.25, 0.3) is 5.91 Å². The summed E-state index contributed by atoms with van der Waals surface area (Å²) in [6, 6.07) is 23.4. The Bertz CT molecular complexity index is 912. The first kappa shape index (κ1) is 19.3. The van der Waals surface area contributed by atoms with E-state index in [2.05, 4.69) is 10.6 Å². The fourth-order valence-corrected chi connectivity index (χ4v) is 2.82. The number of carbonyl (C=O) groups is 2. The first-order valence-electron chi connectivity index (χ1n) is 9.06. The smallest absolute Gasteiger partial charge is 0.251 e. The molecule has 0 fully saturated rings. The van der Waals surface area contributed by atoms with Crippen molar-refractivity contribution in [2.24, 2.45) is 0 Å². The summed E-state index contributed by atoms with van der Waals surface area (Å²) in [7, 11) is 0. The van der Waals surface area contributed by atoms with Gasteiger partial charge in [-0.25, -0.2) is 4.39 Å². The summed E-state index contributed by atoms with van der Waals surface area (Å²) < 4.78 is 13.0. The first-order chi connectivity index (χ1) is 13.6. The number of anilines is 1. The minimum absolute atomic E-state index is 0.202. The highest BCUT2D eigenvalue weighted by Crippen LogP contribution is 2.17. The van der Waals surface area contributed by atoms with Crippen LogP contribution in [0.4, 0.5) is 10.1 Å². The number of benzene rings is 3. The Kier molecular flexibility index (Phi) is 6.52. The third-order valence-corrected chi connectivity index (χ3v) is 4.30. The van der Waals surface area contributed by atoms with Crippen molar-refractivity contribution in [1.82, 2.24) is 5.32 Å². The summed E-state index contributed by atoms with van der Waals surface area (Å²) >= 11 is 0. The molecule has 0 aliphatic rings. The standard InChI is InChI=1S/C23H21FN2O2/c24-19-14-11-17(12-15-19)13-16-21(27)26-22(18-7-3-1-4-8-18)23(28)25-20-9-5-2-6-10-20/h1-12,14-15,22H,13,16H2,(H,25,28)(H,26,27). The second-order valence-corrected chi connectivity index (χ2v) is 6.39. The van der Waals surface area contributed by atoms with Crippen LogP contribution in [-0.4, -0.2) is 11.8 Å². The van der Waals surface area contributed by atoms with Gasteiger partial charge in [0.1, 0.15) is 11.9 Å². The molecular weight excluding hydrogens is 355 g/mol. The van der Waals surface area contributed by atoms with Gasteiger partial charge in [-0.15, -0.1) is 0 Å². The van der Waals surface area contributed by atoms with Crippen LogP contribution in [0.2, 0.25) is 0 Å². The van der Waals surface area contributed by atoms with Gasteiger partial charge in [0.2, 0.25) is 5.91 Å². The molecule has 0 aromatic heterocycles. The van der Waals surface area contributed by atoms with Crippen LogP contribution in [-0.2, 0) is 16.0 Å². The summed E-state index contributed by atoms with van der Waals surface area (Å²) in [6.07, 6.45) is 0.668. The van der Waals surface area contributed by atoms with Crippen molar-refractivity contribution in [2.75, 3.05) is 5.32 Å². The molecule has 142 valence electrons. The molecule has 0 heterocycles. The fourth-order valence-electron chi connectivity index (χ4n) is 2.82. The monoisotopic (exact) mass is 376 g/mol. The highest BCUT2D eigenvalue weighted by Gasteiger charge is 2.22. The molecule has 4 nitrogen and oxygen atoms in total. The lowest BCUT2D eigenvalue weighted by molar-refractivity contribution is -0.126. The molecule has 0 spiro atoms. The number of amides is 2. The van der Waals surface area contributed by atoms with E-state index < -0.39 is 6.04 Å². The summed E-state index contributed by atoms with van der Waals surface area (Å²) in [6.45, 7) is 0. The topological polar surface area (TPSA) is 58.2 Å². The molecule has 28 heavy (non-hydrogen) atoms. The number of para-hydroxylation sites is 1. The van der Waals surface area contributed by atoms with Crippen LogP contribution in [0.15, 0.2) is 84.9 Å². The van der Waals surface area contributed by atoms with Gasteiger partial charge in [-0.3, -0.25) is 9.59 Å². The van der Waals surface area contributed by atoms with Gasteiger partial charge in [0.15, 0.2) is 0 Å². The average molecular weight is 376 g/mol. The SMILES string of the molecule is O=C(CCc1ccc(F)cc1)NC(C(=O)Nc1ccccc1)c1ccccc1. The second-order valence-electron chi connectivity index (χ2n) is 6.39. The molecule has 3 rings (SSSR count). The quantitative estimate of drug-likeness (QED) is 0.647. The number of hydrogen-bond acceptors (Lipinski definition) is 2. The lowest BCUT2D eigenvalue weighted by Gasteiger charge is -2.19. The zero-order valence-electron chi connectivity index (χ0n) is 15.3. The molecule has 0 aliphatic carbocycles. The summed E-state index contributed by atoms with van der Waals surface area (Å²) in [5, 5.41) is 5.64. The van der Waals surface area contributed by atoms with Crippen LogP contribution >= 0.6 is 0 Å². The lowest BCUT2D eigenvalue weighted by atomic mass is 10.0. The number of hydrogen-bond donors (Lipinski definition) is 2. The Morgan fingerprint density at radius 1 is 0.821 bits per heavy atom. The maximum atomic E-state index is 13.0. The Balaban J connectivity index is 1.67. The first-order valence-corrected chi connectivity index (χ1v) is 9.06. The summed E-state index contributed by atoms with van der Waals surface area (Å²) in [5.74, 6) is -0.871. The molecule has 0 aliphatic heterocycles. The lowest BCUT2D eigenvalue weighted by Crippen LogP contribution is -2.37. The van der Waals surface area contributed by atoms with Gasteiger partial charge in [-0.2, -0.15) is 0 Å². The van der Waals surface area contributed by atoms with Crippen molar-refractivity contribution < 1.29 is 14.0 Å². The van der Waals surface area contributed by atoms with E-state index in [1.54, 1.807) is 36.4 Å². The largest absolute Gasteiger partial charge is 0.341 e. The Labute approximate surface area is 163 Å². The molecule has 0 saturated heterocycles. The number of carbonyl (C=O) groups excluding carboxylic acids is 2. The minimum Gasteiger partial charge on any atom is -0.341 e. The normalized spacial score (nSPS) is 11.5. The van der Waals surface area contributed by atoms with E-state index in [1.165, 1.54) is 12.1 Å². The zero-order valence-corrected chi connectivity index (χ0v) is 15.3. The molecule has 3 aromatic rings. The van der Waals surface area contributed by atoms with E-state index in [4.69, 9.17) is 0 Å². The van der Waals surface area contributed by atoms with Crippen LogP contribution in [0, 0.1) is 5.82 Å². The van der Waals surface area contributed by atoms with E-state index in [-0.39, 0.29) is 24.1 Å². The number of aryl methyl sites for hydroxylation is 1. The Hall–Kier alpha value is -3.47.